The first-order valence-electron chi connectivity index (χ1n) is 7.34. The summed E-state index contributed by atoms with van der Waals surface area (Å²) in [4.78, 5) is 2.37. The number of benzene rings is 1. The number of hydrogen-bond donors (Lipinski definition) is 0. The molecule has 3 heteroatoms. The first-order chi connectivity index (χ1) is 9.26. The zero-order chi connectivity index (χ0) is 13.7. The second-order valence-electron chi connectivity index (χ2n) is 5.44. The highest BCUT2D eigenvalue weighted by molar-refractivity contribution is 9.08. The lowest BCUT2D eigenvalue weighted by Crippen LogP contribution is -2.25. The molecule has 0 saturated carbocycles. The Morgan fingerprint density at radius 2 is 2.16 bits per heavy atom. The van der Waals surface area contributed by atoms with Gasteiger partial charge in [0.1, 0.15) is 5.82 Å². The molecule has 0 amide bonds. The minimum Gasteiger partial charge on any atom is -0.371 e. The summed E-state index contributed by atoms with van der Waals surface area (Å²) in [5, 5.41) is 0.587. The molecule has 0 bridgehead atoms. The highest BCUT2D eigenvalue weighted by Gasteiger charge is 2.19. The summed E-state index contributed by atoms with van der Waals surface area (Å²) >= 11 is 3.42. The molecule has 0 spiro atoms. The van der Waals surface area contributed by atoms with Gasteiger partial charge in [-0.25, -0.2) is 4.39 Å². The molecule has 1 aromatic rings. The summed E-state index contributed by atoms with van der Waals surface area (Å²) in [6.07, 6.45) is 6.40. The highest BCUT2D eigenvalue weighted by Crippen LogP contribution is 2.30. The molecule has 0 N–H and O–H groups in total. The Bertz CT molecular complexity index is 408. The van der Waals surface area contributed by atoms with E-state index in [1.807, 2.05) is 6.07 Å². The summed E-state index contributed by atoms with van der Waals surface area (Å²) < 4.78 is 13.8. The molecule has 1 unspecified atom stereocenters. The van der Waals surface area contributed by atoms with Crippen molar-refractivity contribution < 1.29 is 4.39 Å². The van der Waals surface area contributed by atoms with E-state index in [1.54, 1.807) is 6.07 Å². The van der Waals surface area contributed by atoms with Crippen LogP contribution >= 0.6 is 15.9 Å². The van der Waals surface area contributed by atoms with Crippen molar-refractivity contribution in [3.05, 3.63) is 29.6 Å². The fourth-order valence-corrected chi connectivity index (χ4v) is 3.63. The first kappa shape index (κ1) is 14.8. The Morgan fingerprint density at radius 3 is 2.89 bits per heavy atom. The quantitative estimate of drug-likeness (QED) is 0.693. The lowest BCUT2D eigenvalue weighted by atomic mass is 9.96. The van der Waals surface area contributed by atoms with E-state index in [0.29, 0.717) is 5.33 Å². The third-order valence-corrected chi connectivity index (χ3v) is 4.67. The van der Waals surface area contributed by atoms with E-state index in [-0.39, 0.29) is 5.82 Å². The average molecular weight is 328 g/mol. The SMILES string of the molecule is CCCC1CCCN(c2cccc(F)c2CBr)CC1. The van der Waals surface area contributed by atoms with Gasteiger partial charge < -0.3 is 4.90 Å². The van der Waals surface area contributed by atoms with E-state index >= 15 is 0 Å². The summed E-state index contributed by atoms with van der Waals surface area (Å²) in [6.45, 7) is 4.38. The van der Waals surface area contributed by atoms with Gasteiger partial charge in [0.25, 0.3) is 0 Å². The smallest absolute Gasteiger partial charge is 0.129 e. The van der Waals surface area contributed by atoms with Crippen molar-refractivity contribution >= 4 is 21.6 Å². The lowest BCUT2D eigenvalue weighted by Gasteiger charge is -2.25. The van der Waals surface area contributed by atoms with Crippen LogP contribution in [0.1, 0.15) is 44.6 Å². The van der Waals surface area contributed by atoms with Crippen molar-refractivity contribution in [2.75, 3.05) is 18.0 Å². The van der Waals surface area contributed by atoms with E-state index in [9.17, 15) is 4.39 Å². The Labute approximate surface area is 124 Å². The van der Waals surface area contributed by atoms with E-state index in [0.717, 1.165) is 30.3 Å². The summed E-state index contributed by atoms with van der Waals surface area (Å²) in [5.74, 6) is 0.764. The molecule has 19 heavy (non-hydrogen) atoms. The van der Waals surface area contributed by atoms with Crippen molar-refractivity contribution in [2.45, 2.75) is 44.4 Å². The number of alkyl halides is 1. The number of halogens is 2. The highest BCUT2D eigenvalue weighted by atomic mass is 79.9. The minimum absolute atomic E-state index is 0.0938. The van der Waals surface area contributed by atoms with Gasteiger partial charge in [0.15, 0.2) is 0 Å². The zero-order valence-electron chi connectivity index (χ0n) is 11.7. The summed E-state index contributed by atoms with van der Waals surface area (Å²) in [5.41, 5.74) is 1.88. The number of hydrogen-bond acceptors (Lipinski definition) is 1. The molecule has 1 saturated heterocycles. The van der Waals surface area contributed by atoms with Crippen LogP contribution in [0.25, 0.3) is 0 Å². The largest absolute Gasteiger partial charge is 0.371 e. The van der Waals surface area contributed by atoms with Crippen LogP contribution in [0.4, 0.5) is 10.1 Å². The maximum absolute atomic E-state index is 13.8. The van der Waals surface area contributed by atoms with Crippen molar-refractivity contribution in [2.24, 2.45) is 5.92 Å². The number of rotatable bonds is 4. The normalized spacial score (nSPS) is 20.4. The van der Waals surface area contributed by atoms with Crippen LogP contribution in [-0.4, -0.2) is 13.1 Å². The maximum Gasteiger partial charge on any atom is 0.129 e. The Hall–Kier alpha value is -0.570. The molecule has 1 nitrogen and oxygen atoms in total. The van der Waals surface area contributed by atoms with Crippen LogP contribution in [0, 0.1) is 11.7 Å². The standard InChI is InChI=1S/C16H23BrFN/c1-2-5-13-6-4-10-19(11-9-13)16-8-3-7-15(18)14(16)12-17/h3,7-8,13H,2,4-6,9-12H2,1H3. The molecule has 1 aliphatic heterocycles. The molecule has 2 rings (SSSR count). The zero-order valence-corrected chi connectivity index (χ0v) is 13.3. The summed E-state index contributed by atoms with van der Waals surface area (Å²) in [6, 6.07) is 5.43. The van der Waals surface area contributed by atoms with Crippen molar-refractivity contribution in [1.29, 1.82) is 0 Å². The van der Waals surface area contributed by atoms with Crippen LogP contribution in [0.3, 0.4) is 0 Å². The van der Waals surface area contributed by atoms with Gasteiger partial charge in [0.2, 0.25) is 0 Å². The molecule has 1 aliphatic rings. The van der Waals surface area contributed by atoms with Gasteiger partial charge in [-0.1, -0.05) is 41.8 Å². The molecule has 0 aliphatic carbocycles. The van der Waals surface area contributed by atoms with Gasteiger partial charge in [-0.15, -0.1) is 0 Å². The Balaban J connectivity index is 2.12. The second kappa shape index (κ2) is 7.28. The van der Waals surface area contributed by atoms with E-state index < -0.39 is 0 Å². The van der Waals surface area contributed by atoms with Crippen LogP contribution in [-0.2, 0) is 5.33 Å². The molecule has 1 heterocycles. The summed E-state index contributed by atoms with van der Waals surface area (Å²) in [7, 11) is 0. The van der Waals surface area contributed by atoms with E-state index in [4.69, 9.17) is 0 Å². The van der Waals surface area contributed by atoms with Crippen LogP contribution < -0.4 is 4.90 Å². The number of nitrogens with zero attached hydrogens (tertiary/aromatic N) is 1. The van der Waals surface area contributed by atoms with Gasteiger partial charge in [-0.3, -0.25) is 0 Å². The van der Waals surface area contributed by atoms with Gasteiger partial charge >= 0.3 is 0 Å². The van der Waals surface area contributed by atoms with Crippen LogP contribution in [0.2, 0.25) is 0 Å². The van der Waals surface area contributed by atoms with Crippen molar-refractivity contribution in [3.8, 4) is 0 Å². The van der Waals surface area contributed by atoms with Crippen molar-refractivity contribution in [3.63, 3.8) is 0 Å². The third kappa shape index (κ3) is 3.71. The predicted octanol–water partition coefficient (Wildman–Crippen LogP) is 5.13. The topological polar surface area (TPSA) is 3.24 Å². The first-order valence-corrected chi connectivity index (χ1v) is 8.46. The molecule has 0 aromatic heterocycles. The fourth-order valence-electron chi connectivity index (χ4n) is 3.08. The van der Waals surface area contributed by atoms with Gasteiger partial charge in [0, 0.05) is 29.7 Å². The van der Waals surface area contributed by atoms with E-state index in [2.05, 4.69) is 33.8 Å². The second-order valence-corrected chi connectivity index (χ2v) is 6.00. The molecule has 1 aromatic carbocycles. The molecule has 1 fully saturated rings. The van der Waals surface area contributed by atoms with Crippen LogP contribution in [0.15, 0.2) is 18.2 Å². The maximum atomic E-state index is 13.8. The lowest BCUT2D eigenvalue weighted by molar-refractivity contribution is 0.435. The molecule has 106 valence electrons. The monoisotopic (exact) mass is 327 g/mol. The Morgan fingerprint density at radius 1 is 1.32 bits per heavy atom. The van der Waals surface area contributed by atoms with Gasteiger partial charge in [-0.2, -0.15) is 0 Å². The van der Waals surface area contributed by atoms with E-state index in [1.165, 1.54) is 32.1 Å². The predicted molar refractivity (Wildman–Crippen MR) is 83.5 cm³/mol. The molecule has 1 atom stereocenters. The third-order valence-electron chi connectivity index (χ3n) is 4.11. The molecule has 0 radical (unpaired) electrons. The average Bonchev–Trinajstić information content (AvgIpc) is 2.64. The molecular weight excluding hydrogens is 305 g/mol. The Kier molecular flexibility index (Phi) is 5.68. The van der Waals surface area contributed by atoms with Gasteiger partial charge in [-0.05, 0) is 37.3 Å². The van der Waals surface area contributed by atoms with Crippen molar-refractivity contribution in [1.82, 2.24) is 0 Å². The molecular formula is C16H23BrFN. The fraction of sp³-hybridized carbons (Fsp3) is 0.625. The minimum atomic E-state index is -0.0938. The van der Waals surface area contributed by atoms with Crippen LogP contribution in [0.5, 0.6) is 0 Å². The number of anilines is 1. The van der Waals surface area contributed by atoms with Gasteiger partial charge in [0.05, 0.1) is 0 Å².